The lowest BCUT2D eigenvalue weighted by molar-refractivity contribution is 0.101. The second kappa shape index (κ2) is 8.43. The van der Waals surface area contributed by atoms with Crippen molar-refractivity contribution in [2.24, 2.45) is 0 Å². The monoisotopic (exact) mass is 380 g/mol. The number of hydrogen-bond acceptors (Lipinski definition) is 2. The van der Waals surface area contributed by atoms with Crippen LogP contribution < -0.4 is 10.6 Å². The second-order valence-electron chi connectivity index (χ2n) is 6.12. The minimum atomic E-state index is -0.862. The molecule has 0 aliphatic heterocycles. The van der Waals surface area contributed by atoms with Crippen LogP contribution in [0.15, 0.2) is 66.7 Å². The smallest absolute Gasteiger partial charge is 0.255 e. The van der Waals surface area contributed by atoms with Gasteiger partial charge in [-0.05, 0) is 54.4 Å². The molecule has 0 aliphatic rings. The van der Waals surface area contributed by atoms with Gasteiger partial charge in [-0.25, -0.2) is 8.78 Å². The van der Waals surface area contributed by atoms with Gasteiger partial charge in [0.1, 0.15) is 11.6 Å². The van der Waals surface area contributed by atoms with Crippen molar-refractivity contribution < 1.29 is 18.4 Å². The number of carbonyl (C=O) groups excluding carboxylic acids is 2. The van der Waals surface area contributed by atoms with Crippen molar-refractivity contribution in [3.8, 4) is 0 Å². The first-order valence-electron chi connectivity index (χ1n) is 8.73. The molecular formula is C22H18F2N2O2. The van der Waals surface area contributed by atoms with E-state index in [1.54, 1.807) is 0 Å². The van der Waals surface area contributed by atoms with E-state index in [4.69, 9.17) is 0 Å². The average Bonchev–Trinajstić information content (AvgIpc) is 2.70. The molecule has 0 heterocycles. The summed E-state index contributed by atoms with van der Waals surface area (Å²) in [7, 11) is 0. The molecule has 3 aromatic carbocycles. The number of rotatable bonds is 5. The summed E-state index contributed by atoms with van der Waals surface area (Å²) in [6.07, 6.45) is 0.787. The number of halogens is 2. The van der Waals surface area contributed by atoms with Crippen molar-refractivity contribution in [1.29, 1.82) is 0 Å². The molecule has 0 saturated carbocycles. The molecule has 0 unspecified atom stereocenters. The number of benzene rings is 3. The van der Waals surface area contributed by atoms with Gasteiger partial charge in [-0.15, -0.1) is 0 Å². The van der Waals surface area contributed by atoms with Gasteiger partial charge in [-0.1, -0.05) is 25.1 Å². The summed E-state index contributed by atoms with van der Waals surface area (Å²) in [6.45, 7) is 2.00. The van der Waals surface area contributed by atoms with Crippen LogP contribution in [-0.2, 0) is 6.42 Å². The molecule has 0 radical (unpaired) electrons. The lowest BCUT2D eigenvalue weighted by Crippen LogP contribution is -2.15. The van der Waals surface area contributed by atoms with Crippen LogP contribution in [0.4, 0.5) is 20.2 Å². The van der Waals surface area contributed by atoms with Crippen LogP contribution in [0.1, 0.15) is 33.2 Å². The molecule has 0 fully saturated rings. The third kappa shape index (κ3) is 4.40. The maximum Gasteiger partial charge on any atom is 0.255 e. The van der Waals surface area contributed by atoms with Gasteiger partial charge in [0.15, 0.2) is 0 Å². The van der Waals surface area contributed by atoms with Gasteiger partial charge in [-0.2, -0.15) is 0 Å². The summed E-state index contributed by atoms with van der Waals surface area (Å²) in [6, 6.07) is 16.4. The molecule has 0 aliphatic carbocycles. The van der Waals surface area contributed by atoms with E-state index in [0.29, 0.717) is 11.6 Å². The standard InChI is InChI=1S/C22H18F2N2O2/c1-2-14-5-3-4-6-19(14)25-21(27)15-7-9-16(10-8-15)22(28)26-20-12-11-17(23)13-18(20)24/h3-13H,2H2,1H3,(H,25,27)(H,26,28). The minimum absolute atomic E-state index is 0.121. The van der Waals surface area contributed by atoms with Crippen molar-refractivity contribution in [2.75, 3.05) is 10.6 Å². The predicted molar refractivity (Wildman–Crippen MR) is 105 cm³/mol. The number of amides is 2. The number of hydrogen-bond donors (Lipinski definition) is 2. The molecule has 142 valence electrons. The maximum absolute atomic E-state index is 13.7. The number of nitrogens with one attached hydrogen (secondary N) is 2. The summed E-state index contributed by atoms with van der Waals surface area (Å²) in [5.41, 5.74) is 2.27. The largest absolute Gasteiger partial charge is 0.322 e. The van der Waals surface area contributed by atoms with Gasteiger partial charge in [0, 0.05) is 22.9 Å². The predicted octanol–water partition coefficient (Wildman–Crippen LogP) is 5.03. The molecule has 0 saturated heterocycles. The molecule has 0 bridgehead atoms. The van der Waals surface area contributed by atoms with Crippen molar-refractivity contribution in [2.45, 2.75) is 13.3 Å². The van der Waals surface area contributed by atoms with E-state index in [1.165, 1.54) is 24.3 Å². The quantitative estimate of drug-likeness (QED) is 0.652. The van der Waals surface area contributed by atoms with E-state index < -0.39 is 17.5 Å². The van der Waals surface area contributed by atoms with Gasteiger partial charge in [0.05, 0.1) is 5.69 Å². The Balaban J connectivity index is 1.70. The van der Waals surface area contributed by atoms with Gasteiger partial charge in [0.2, 0.25) is 0 Å². The summed E-state index contributed by atoms with van der Waals surface area (Å²) in [5.74, 6) is -2.44. The summed E-state index contributed by atoms with van der Waals surface area (Å²) in [5, 5.41) is 5.23. The molecule has 2 N–H and O–H groups in total. The van der Waals surface area contributed by atoms with E-state index in [-0.39, 0.29) is 17.2 Å². The first-order chi connectivity index (χ1) is 13.5. The zero-order valence-electron chi connectivity index (χ0n) is 15.1. The zero-order chi connectivity index (χ0) is 20.1. The molecule has 3 rings (SSSR count). The van der Waals surface area contributed by atoms with E-state index in [9.17, 15) is 18.4 Å². The van der Waals surface area contributed by atoms with Gasteiger partial charge in [-0.3, -0.25) is 9.59 Å². The van der Waals surface area contributed by atoms with Gasteiger partial charge in [0.25, 0.3) is 11.8 Å². The molecule has 0 spiro atoms. The van der Waals surface area contributed by atoms with Gasteiger partial charge < -0.3 is 10.6 Å². The van der Waals surface area contributed by atoms with Crippen LogP contribution in [0, 0.1) is 11.6 Å². The van der Waals surface area contributed by atoms with Crippen LogP contribution in [0.25, 0.3) is 0 Å². The maximum atomic E-state index is 13.7. The van der Waals surface area contributed by atoms with E-state index in [1.807, 2.05) is 31.2 Å². The highest BCUT2D eigenvalue weighted by atomic mass is 19.1. The van der Waals surface area contributed by atoms with Crippen molar-refractivity contribution >= 4 is 23.2 Å². The molecule has 4 nitrogen and oxygen atoms in total. The lowest BCUT2D eigenvalue weighted by atomic mass is 10.1. The number of aryl methyl sites for hydroxylation is 1. The fourth-order valence-corrected chi connectivity index (χ4v) is 2.70. The molecule has 2 amide bonds. The van der Waals surface area contributed by atoms with E-state index >= 15 is 0 Å². The molecule has 0 aromatic heterocycles. The van der Waals surface area contributed by atoms with Crippen LogP contribution in [0.3, 0.4) is 0 Å². The highest BCUT2D eigenvalue weighted by Crippen LogP contribution is 2.18. The molecular weight excluding hydrogens is 362 g/mol. The Kier molecular flexibility index (Phi) is 5.79. The second-order valence-corrected chi connectivity index (χ2v) is 6.12. The van der Waals surface area contributed by atoms with Crippen LogP contribution in [0.2, 0.25) is 0 Å². The molecule has 28 heavy (non-hydrogen) atoms. The first-order valence-corrected chi connectivity index (χ1v) is 8.73. The highest BCUT2D eigenvalue weighted by molar-refractivity contribution is 6.07. The molecule has 3 aromatic rings. The Morgan fingerprint density at radius 3 is 1.93 bits per heavy atom. The summed E-state index contributed by atoms with van der Waals surface area (Å²) in [4.78, 5) is 24.7. The normalized spacial score (nSPS) is 10.4. The Morgan fingerprint density at radius 1 is 0.786 bits per heavy atom. The Labute approximate surface area is 161 Å². The zero-order valence-corrected chi connectivity index (χ0v) is 15.1. The van der Waals surface area contributed by atoms with E-state index in [0.717, 1.165) is 29.8 Å². The topological polar surface area (TPSA) is 58.2 Å². The fraction of sp³-hybridized carbons (Fsp3) is 0.0909. The Morgan fingerprint density at radius 2 is 1.36 bits per heavy atom. The van der Waals surface area contributed by atoms with Crippen LogP contribution in [0.5, 0.6) is 0 Å². The van der Waals surface area contributed by atoms with Crippen molar-refractivity contribution in [1.82, 2.24) is 0 Å². The third-order valence-corrected chi connectivity index (χ3v) is 4.24. The number of para-hydroxylation sites is 1. The number of carbonyl (C=O) groups is 2. The summed E-state index contributed by atoms with van der Waals surface area (Å²) >= 11 is 0. The first kappa shape index (κ1) is 19.2. The number of anilines is 2. The van der Waals surface area contributed by atoms with Crippen molar-refractivity contribution in [3.63, 3.8) is 0 Å². The summed E-state index contributed by atoms with van der Waals surface area (Å²) < 4.78 is 26.6. The van der Waals surface area contributed by atoms with Crippen molar-refractivity contribution in [3.05, 3.63) is 95.1 Å². The highest BCUT2D eigenvalue weighted by Gasteiger charge is 2.12. The SMILES string of the molecule is CCc1ccccc1NC(=O)c1ccc(C(=O)Nc2ccc(F)cc2F)cc1. The third-order valence-electron chi connectivity index (χ3n) is 4.24. The fourth-order valence-electron chi connectivity index (χ4n) is 2.70. The Hall–Kier alpha value is -3.54. The Bertz CT molecular complexity index is 1020. The van der Waals surface area contributed by atoms with Gasteiger partial charge >= 0.3 is 0 Å². The lowest BCUT2D eigenvalue weighted by Gasteiger charge is -2.10. The van der Waals surface area contributed by atoms with Crippen LogP contribution >= 0.6 is 0 Å². The average molecular weight is 380 g/mol. The molecule has 6 heteroatoms. The van der Waals surface area contributed by atoms with E-state index in [2.05, 4.69) is 10.6 Å². The van der Waals surface area contributed by atoms with Crippen LogP contribution in [-0.4, -0.2) is 11.8 Å². The molecule has 0 atom stereocenters. The minimum Gasteiger partial charge on any atom is -0.322 e.